The first-order chi connectivity index (χ1) is 12.9. The number of nitrogens with two attached hydrogens (primary N) is 1. The monoisotopic (exact) mass is 386 g/mol. The van der Waals surface area contributed by atoms with Crippen LogP contribution >= 0.6 is 0 Å². The Balaban J connectivity index is 1.63. The predicted octanol–water partition coefficient (Wildman–Crippen LogP) is 2.12. The second-order valence-electron chi connectivity index (χ2n) is 6.88. The second kappa shape index (κ2) is 8.10. The van der Waals surface area contributed by atoms with Crippen molar-refractivity contribution in [1.82, 2.24) is 10.6 Å². The van der Waals surface area contributed by atoms with Crippen LogP contribution in [-0.2, 0) is 22.0 Å². The van der Waals surface area contributed by atoms with E-state index in [-0.39, 0.29) is 10.3 Å². The summed E-state index contributed by atoms with van der Waals surface area (Å²) in [6.45, 7) is 4.10. The van der Waals surface area contributed by atoms with E-state index in [2.05, 4.69) is 39.9 Å². The lowest BCUT2D eigenvalue weighted by atomic mass is 9.96. The van der Waals surface area contributed by atoms with Gasteiger partial charge in [0.2, 0.25) is 10.0 Å². The highest BCUT2D eigenvalue weighted by molar-refractivity contribution is 7.89. The van der Waals surface area contributed by atoms with E-state index in [4.69, 9.17) is 5.14 Å². The smallest absolute Gasteiger partial charge is 0.238 e. The third-order valence-corrected chi connectivity index (χ3v) is 5.78. The zero-order chi connectivity index (χ0) is 19.3. The van der Waals surface area contributed by atoms with Crippen molar-refractivity contribution in [3.05, 3.63) is 65.7 Å². The van der Waals surface area contributed by atoms with Gasteiger partial charge in [-0.05, 0) is 43.0 Å². The molecule has 0 aliphatic heterocycles. The van der Waals surface area contributed by atoms with Crippen LogP contribution < -0.4 is 15.8 Å². The van der Waals surface area contributed by atoms with Crippen LogP contribution in [0.5, 0.6) is 0 Å². The minimum absolute atomic E-state index is 0.110. The maximum atomic E-state index is 11.3. The summed E-state index contributed by atoms with van der Waals surface area (Å²) < 4.78 is 22.7. The molecule has 0 bridgehead atoms. The van der Waals surface area contributed by atoms with Gasteiger partial charge in [0, 0.05) is 18.5 Å². The Bertz CT molecular complexity index is 889. The second-order valence-corrected chi connectivity index (χ2v) is 8.45. The average molecular weight is 387 g/mol. The van der Waals surface area contributed by atoms with E-state index in [1.165, 1.54) is 30.5 Å². The number of guanidine groups is 1. The van der Waals surface area contributed by atoms with Crippen molar-refractivity contribution < 1.29 is 8.42 Å². The molecule has 0 heterocycles. The van der Waals surface area contributed by atoms with E-state index in [0.29, 0.717) is 6.54 Å². The number of benzene rings is 2. The van der Waals surface area contributed by atoms with Gasteiger partial charge in [-0.1, -0.05) is 42.5 Å². The highest BCUT2D eigenvalue weighted by Crippen LogP contribution is 2.47. The highest BCUT2D eigenvalue weighted by atomic mass is 32.2. The molecule has 0 saturated heterocycles. The van der Waals surface area contributed by atoms with E-state index in [0.717, 1.165) is 24.6 Å². The van der Waals surface area contributed by atoms with Gasteiger partial charge >= 0.3 is 0 Å². The fourth-order valence-electron chi connectivity index (χ4n) is 3.06. The summed E-state index contributed by atoms with van der Waals surface area (Å²) in [4.78, 5) is 4.72. The van der Waals surface area contributed by atoms with Crippen molar-refractivity contribution in [3.63, 3.8) is 0 Å². The Morgan fingerprint density at radius 2 is 1.74 bits per heavy atom. The fourth-order valence-corrected chi connectivity index (χ4v) is 3.58. The molecule has 3 rings (SSSR count). The van der Waals surface area contributed by atoms with Crippen molar-refractivity contribution in [2.75, 3.05) is 13.1 Å². The molecule has 6 nitrogen and oxygen atoms in total. The molecule has 0 amide bonds. The molecule has 1 aliphatic carbocycles. The first-order valence-corrected chi connectivity index (χ1v) is 10.7. The lowest BCUT2D eigenvalue weighted by molar-refractivity contribution is 0.598. The lowest BCUT2D eigenvalue weighted by Gasteiger charge is -2.19. The molecular weight excluding hydrogens is 360 g/mol. The van der Waals surface area contributed by atoms with Crippen LogP contribution in [0.2, 0.25) is 0 Å². The summed E-state index contributed by atoms with van der Waals surface area (Å²) in [5.74, 6) is 0.759. The summed E-state index contributed by atoms with van der Waals surface area (Å²) in [6.07, 6.45) is 2.36. The average Bonchev–Trinajstić information content (AvgIpc) is 3.46. The van der Waals surface area contributed by atoms with Gasteiger partial charge in [-0.15, -0.1) is 0 Å². The van der Waals surface area contributed by atoms with Crippen molar-refractivity contribution in [2.24, 2.45) is 10.1 Å². The number of aliphatic imine (C=N–C) groups is 1. The number of hydrogen-bond donors (Lipinski definition) is 3. The van der Waals surface area contributed by atoms with E-state index < -0.39 is 10.0 Å². The largest absolute Gasteiger partial charge is 0.357 e. The standard InChI is InChI=1S/C20H26N4O2S/c1-2-22-19(23-14-16-8-10-18(11-9-16)27(21,25)26)24-15-20(12-13-20)17-6-4-3-5-7-17/h3-11H,2,12-15H2,1H3,(H2,21,25,26)(H2,22,23,24). The molecule has 7 heteroatoms. The first kappa shape index (κ1) is 19.4. The molecule has 2 aromatic carbocycles. The summed E-state index contributed by atoms with van der Waals surface area (Å²) in [7, 11) is -3.66. The maximum Gasteiger partial charge on any atom is 0.238 e. The molecule has 0 atom stereocenters. The van der Waals surface area contributed by atoms with E-state index in [1.807, 2.05) is 13.0 Å². The molecule has 0 spiro atoms. The molecule has 1 fully saturated rings. The zero-order valence-corrected chi connectivity index (χ0v) is 16.3. The number of sulfonamides is 1. The topological polar surface area (TPSA) is 96.6 Å². The molecule has 144 valence electrons. The van der Waals surface area contributed by atoms with Crippen LogP contribution in [0.3, 0.4) is 0 Å². The van der Waals surface area contributed by atoms with Gasteiger partial charge in [-0.25, -0.2) is 18.5 Å². The van der Waals surface area contributed by atoms with Crippen LogP contribution in [0.1, 0.15) is 30.9 Å². The highest BCUT2D eigenvalue weighted by Gasteiger charge is 2.43. The minimum Gasteiger partial charge on any atom is -0.357 e. The van der Waals surface area contributed by atoms with Crippen molar-refractivity contribution in [1.29, 1.82) is 0 Å². The van der Waals surface area contributed by atoms with Crippen LogP contribution in [0.4, 0.5) is 0 Å². The molecule has 27 heavy (non-hydrogen) atoms. The molecular formula is C20H26N4O2S. The summed E-state index contributed by atoms with van der Waals surface area (Å²) in [6, 6.07) is 17.1. The Labute approximate surface area is 160 Å². The van der Waals surface area contributed by atoms with Gasteiger partial charge in [0.1, 0.15) is 0 Å². The number of nitrogens with zero attached hydrogens (tertiary/aromatic N) is 1. The molecule has 4 N–H and O–H groups in total. The van der Waals surface area contributed by atoms with Gasteiger partial charge in [-0.3, -0.25) is 0 Å². The SMILES string of the molecule is CCNC(=NCc1ccc(S(N)(=O)=O)cc1)NCC1(c2ccccc2)CC1. The van der Waals surface area contributed by atoms with Crippen LogP contribution in [0, 0.1) is 0 Å². The van der Waals surface area contributed by atoms with Crippen LogP contribution in [-0.4, -0.2) is 27.5 Å². The minimum atomic E-state index is -3.66. The number of nitrogens with one attached hydrogen (secondary N) is 2. The van der Waals surface area contributed by atoms with E-state index in [1.54, 1.807) is 12.1 Å². The van der Waals surface area contributed by atoms with E-state index in [9.17, 15) is 8.42 Å². The fraction of sp³-hybridized carbons (Fsp3) is 0.350. The van der Waals surface area contributed by atoms with Crippen molar-refractivity contribution in [3.8, 4) is 0 Å². The van der Waals surface area contributed by atoms with Crippen LogP contribution in [0.25, 0.3) is 0 Å². The first-order valence-electron chi connectivity index (χ1n) is 9.12. The molecule has 1 saturated carbocycles. The maximum absolute atomic E-state index is 11.3. The Morgan fingerprint density at radius 3 is 2.30 bits per heavy atom. The Hall–Kier alpha value is -2.38. The quantitative estimate of drug-likeness (QED) is 0.502. The van der Waals surface area contributed by atoms with Crippen LogP contribution in [0.15, 0.2) is 64.5 Å². The van der Waals surface area contributed by atoms with Crippen molar-refractivity contribution >= 4 is 16.0 Å². The molecule has 2 aromatic rings. The van der Waals surface area contributed by atoms with Gasteiger partial charge in [0.15, 0.2) is 5.96 Å². The number of hydrogen-bond acceptors (Lipinski definition) is 3. The summed E-state index contributed by atoms with van der Waals surface area (Å²) in [5, 5.41) is 11.8. The summed E-state index contributed by atoms with van der Waals surface area (Å²) >= 11 is 0. The third kappa shape index (κ3) is 5.08. The zero-order valence-electron chi connectivity index (χ0n) is 15.5. The van der Waals surface area contributed by atoms with Crippen molar-refractivity contribution in [2.45, 2.75) is 36.6 Å². The van der Waals surface area contributed by atoms with E-state index >= 15 is 0 Å². The predicted molar refractivity (Wildman–Crippen MR) is 108 cm³/mol. The number of rotatable bonds is 7. The molecule has 0 unspecified atom stereocenters. The number of primary sulfonamides is 1. The lowest BCUT2D eigenvalue weighted by Crippen LogP contribution is -2.41. The Kier molecular flexibility index (Phi) is 5.82. The van der Waals surface area contributed by atoms with Gasteiger partial charge in [0.05, 0.1) is 11.4 Å². The molecule has 0 aromatic heterocycles. The Morgan fingerprint density at radius 1 is 1.07 bits per heavy atom. The third-order valence-electron chi connectivity index (χ3n) is 4.85. The molecule has 1 aliphatic rings. The summed E-state index contributed by atoms with van der Waals surface area (Å²) in [5.41, 5.74) is 2.49. The normalized spacial score (nSPS) is 16.0. The van der Waals surface area contributed by atoms with Gasteiger partial charge in [-0.2, -0.15) is 0 Å². The van der Waals surface area contributed by atoms with Gasteiger partial charge < -0.3 is 10.6 Å². The van der Waals surface area contributed by atoms with Gasteiger partial charge in [0.25, 0.3) is 0 Å². The molecule has 0 radical (unpaired) electrons.